The lowest BCUT2D eigenvalue weighted by molar-refractivity contribution is 0.341. The lowest BCUT2D eigenvalue weighted by Gasteiger charge is -2.23. The van der Waals surface area contributed by atoms with E-state index in [-0.39, 0.29) is 0 Å². The van der Waals surface area contributed by atoms with Gasteiger partial charge in [-0.2, -0.15) is 0 Å². The van der Waals surface area contributed by atoms with E-state index in [0.29, 0.717) is 6.04 Å². The lowest BCUT2D eigenvalue weighted by Crippen LogP contribution is -2.33. The van der Waals surface area contributed by atoms with E-state index in [4.69, 9.17) is 0 Å². The second-order valence-electron chi connectivity index (χ2n) is 6.07. The van der Waals surface area contributed by atoms with E-state index in [9.17, 15) is 0 Å². The van der Waals surface area contributed by atoms with Crippen molar-refractivity contribution in [2.75, 3.05) is 27.2 Å². The standard InChI is InChI=1S/C14H32N2/c1-12(2)10-14(11-13(3)4)15-8-7-9-16(5)6/h12-15H,7-11H2,1-6H3. The summed E-state index contributed by atoms with van der Waals surface area (Å²) in [6.45, 7) is 11.6. The molecular formula is C14H32N2. The predicted octanol–water partition coefficient (Wildman–Crippen LogP) is 2.99. The first-order valence-electron chi connectivity index (χ1n) is 6.80. The fourth-order valence-electron chi connectivity index (χ4n) is 2.10. The van der Waals surface area contributed by atoms with Gasteiger partial charge in [-0.05, 0) is 58.3 Å². The highest BCUT2D eigenvalue weighted by Gasteiger charge is 2.11. The maximum absolute atomic E-state index is 3.71. The van der Waals surface area contributed by atoms with Crippen LogP contribution in [0.4, 0.5) is 0 Å². The molecule has 16 heavy (non-hydrogen) atoms. The summed E-state index contributed by atoms with van der Waals surface area (Å²) in [4.78, 5) is 2.25. The molecule has 0 aromatic rings. The van der Waals surface area contributed by atoms with E-state index >= 15 is 0 Å². The minimum absolute atomic E-state index is 0.710. The lowest BCUT2D eigenvalue weighted by atomic mass is 9.95. The van der Waals surface area contributed by atoms with Crippen LogP contribution in [-0.2, 0) is 0 Å². The number of nitrogens with one attached hydrogen (secondary N) is 1. The average Bonchev–Trinajstić information content (AvgIpc) is 2.09. The molecule has 0 radical (unpaired) electrons. The van der Waals surface area contributed by atoms with Crippen molar-refractivity contribution >= 4 is 0 Å². The van der Waals surface area contributed by atoms with Crippen LogP contribution in [0.15, 0.2) is 0 Å². The van der Waals surface area contributed by atoms with Crippen molar-refractivity contribution in [2.45, 2.75) is 53.0 Å². The zero-order chi connectivity index (χ0) is 12.6. The summed E-state index contributed by atoms with van der Waals surface area (Å²) < 4.78 is 0. The van der Waals surface area contributed by atoms with Gasteiger partial charge in [0.25, 0.3) is 0 Å². The second kappa shape index (κ2) is 9.00. The number of hydrogen-bond donors (Lipinski definition) is 1. The maximum Gasteiger partial charge on any atom is 0.00719 e. The molecule has 0 aromatic carbocycles. The van der Waals surface area contributed by atoms with Crippen LogP contribution >= 0.6 is 0 Å². The van der Waals surface area contributed by atoms with Crippen LogP contribution in [0.1, 0.15) is 47.0 Å². The van der Waals surface area contributed by atoms with Gasteiger partial charge in [-0.15, -0.1) is 0 Å². The molecule has 0 unspecified atom stereocenters. The fraction of sp³-hybridized carbons (Fsp3) is 1.00. The molecule has 0 heterocycles. The van der Waals surface area contributed by atoms with E-state index < -0.39 is 0 Å². The van der Waals surface area contributed by atoms with Crippen LogP contribution in [0.3, 0.4) is 0 Å². The normalized spacial score (nSPS) is 12.4. The number of hydrogen-bond acceptors (Lipinski definition) is 2. The number of nitrogens with zero attached hydrogens (tertiary/aromatic N) is 1. The van der Waals surface area contributed by atoms with Crippen molar-refractivity contribution < 1.29 is 0 Å². The highest BCUT2D eigenvalue weighted by Crippen LogP contribution is 2.13. The highest BCUT2D eigenvalue weighted by atomic mass is 15.1. The van der Waals surface area contributed by atoms with Gasteiger partial charge in [-0.25, -0.2) is 0 Å². The first-order chi connectivity index (χ1) is 7.41. The van der Waals surface area contributed by atoms with Gasteiger partial charge in [0.2, 0.25) is 0 Å². The summed E-state index contributed by atoms with van der Waals surface area (Å²) in [5, 5.41) is 3.71. The summed E-state index contributed by atoms with van der Waals surface area (Å²) in [6.07, 6.45) is 3.86. The fourth-order valence-corrected chi connectivity index (χ4v) is 2.10. The molecule has 0 aliphatic carbocycles. The Labute approximate surface area is 103 Å². The van der Waals surface area contributed by atoms with E-state index in [1.54, 1.807) is 0 Å². The van der Waals surface area contributed by atoms with Crippen LogP contribution in [0.5, 0.6) is 0 Å². The second-order valence-corrected chi connectivity index (χ2v) is 6.07. The topological polar surface area (TPSA) is 15.3 Å². The van der Waals surface area contributed by atoms with Crippen molar-refractivity contribution in [3.05, 3.63) is 0 Å². The van der Waals surface area contributed by atoms with Crippen molar-refractivity contribution in [2.24, 2.45) is 11.8 Å². The van der Waals surface area contributed by atoms with Crippen LogP contribution < -0.4 is 5.32 Å². The van der Waals surface area contributed by atoms with Crippen LogP contribution in [0.2, 0.25) is 0 Å². The van der Waals surface area contributed by atoms with Crippen LogP contribution in [-0.4, -0.2) is 38.1 Å². The molecule has 0 spiro atoms. The van der Waals surface area contributed by atoms with Crippen molar-refractivity contribution in [3.8, 4) is 0 Å². The molecule has 0 aromatic heterocycles. The third-order valence-electron chi connectivity index (χ3n) is 2.73. The van der Waals surface area contributed by atoms with Gasteiger partial charge in [-0.3, -0.25) is 0 Å². The van der Waals surface area contributed by atoms with E-state index in [1.165, 1.54) is 25.8 Å². The summed E-state index contributed by atoms with van der Waals surface area (Å²) in [7, 11) is 4.28. The van der Waals surface area contributed by atoms with E-state index in [1.807, 2.05) is 0 Å². The summed E-state index contributed by atoms with van der Waals surface area (Å²) in [5.74, 6) is 1.59. The monoisotopic (exact) mass is 228 g/mol. The molecule has 2 heteroatoms. The van der Waals surface area contributed by atoms with Crippen LogP contribution in [0, 0.1) is 11.8 Å². The Morgan fingerprint density at radius 3 is 1.81 bits per heavy atom. The summed E-state index contributed by atoms with van der Waals surface area (Å²) in [5.41, 5.74) is 0. The Kier molecular flexibility index (Phi) is 8.96. The molecule has 0 saturated carbocycles. The Hall–Kier alpha value is -0.0800. The quantitative estimate of drug-likeness (QED) is 0.610. The SMILES string of the molecule is CC(C)CC(CC(C)C)NCCCN(C)C. The van der Waals surface area contributed by atoms with E-state index in [2.05, 4.69) is 52.0 Å². The van der Waals surface area contributed by atoms with Crippen LogP contribution in [0.25, 0.3) is 0 Å². The van der Waals surface area contributed by atoms with Gasteiger partial charge < -0.3 is 10.2 Å². The third-order valence-corrected chi connectivity index (χ3v) is 2.73. The van der Waals surface area contributed by atoms with E-state index in [0.717, 1.165) is 18.4 Å². The zero-order valence-electron chi connectivity index (χ0n) is 12.2. The Balaban J connectivity index is 3.73. The average molecular weight is 228 g/mol. The first kappa shape index (κ1) is 15.9. The molecule has 0 fully saturated rings. The molecule has 0 saturated heterocycles. The van der Waals surface area contributed by atoms with Gasteiger partial charge in [0.05, 0.1) is 0 Å². The van der Waals surface area contributed by atoms with Crippen molar-refractivity contribution in [1.29, 1.82) is 0 Å². The molecule has 98 valence electrons. The Morgan fingerprint density at radius 2 is 1.44 bits per heavy atom. The minimum atomic E-state index is 0.710. The molecule has 1 N–H and O–H groups in total. The van der Waals surface area contributed by atoms with Gasteiger partial charge >= 0.3 is 0 Å². The minimum Gasteiger partial charge on any atom is -0.314 e. The Bertz CT molecular complexity index is 143. The first-order valence-corrected chi connectivity index (χ1v) is 6.80. The largest absolute Gasteiger partial charge is 0.314 e. The maximum atomic E-state index is 3.71. The third kappa shape index (κ3) is 10.4. The Morgan fingerprint density at radius 1 is 0.938 bits per heavy atom. The number of rotatable bonds is 9. The molecule has 0 rings (SSSR count). The molecule has 0 aliphatic heterocycles. The molecule has 0 aliphatic rings. The predicted molar refractivity (Wildman–Crippen MR) is 73.9 cm³/mol. The van der Waals surface area contributed by atoms with Gasteiger partial charge in [0, 0.05) is 6.04 Å². The molecule has 0 amide bonds. The van der Waals surface area contributed by atoms with Gasteiger partial charge in [0.1, 0.15) is 0 Å². The molecule has 0 bridgehead atoms. The van der Waals surface area contributed by atoms with Gasteiger partial charge in [0.15, 0.2) is 0 Å². The summed E-state index contributed by atoms with van der Waals surface area (Å²) in [6, 6.07) is 0.710. The zero-order valence-corrected chi connectivity index (χ0v) is 12.2. The molecule has 2 nitrogen and oxygen atoms in total. The smallest absolute Gasteiger partial charge is 0.00719 e. The molecular weight excluding hydrogens is 196 g/mol. The van der Waals surface area contributed by atoms with Gasteiger partial charge in [-0.1, -0.05) is 27.7 Å². The molecule has 0 atom stereocenters. The highest BCUT2D eigenvalue weighted by molar-refractivity contribution is 4.70. The van der Waals surface area contributed by atoms with Crippen molar-refractivity contribution in [3.63, 3.8) is 0 Å². The van der Waals surface area contributed by atoms with Crippen molar-refractivity contribution in [1.82, 2.24) is 10.2 Å². The summed E-state index contributed by atoms with van der Waals surface area (Å²) >= 11 is 0.